The van der Waals surface area contributed by atoms with Gasteiger partial charge in [0.1, 0.15) is 0 Å². The van der Waals surface area contributed by atoms with Crippen molar-refractivity contribution in [3.63, 3.8) is 0 Å². The Morgan fingerprint density at radius 1 is 1.29 bits per heavy atom. The minimum atomic E-state index is -2.33. The molecule has 0 aliphatic rings. The van der Waals surface area contributed by atoms with Crippen LogP contribution in [0.4, 0.5) is 4.79 Å². The van der Waals surface area contributed by atoms with E-state index < -0.39 is 6.16 Å². The Balaban J connectivity index is -0.0000000150. The topological polar surface area (TPSA) is 63.2 Å². The molecule has 0 amide bonds. The van der Waals surface area contributed by atoms with Gasteiger partial charge in [0.05, 0.1) is 0 Å². The van der Waals surface area contributed by atoms with Crippen LogP contribution in [0.2, 0.25) is 0 Å². The van der Waals surface area contributed by atoms with Crippen LogP contribution in [0.25, 0.3) is 0 Å². The monoisotopic (exact) mass is 142 g/mol. The van der Waals surface area contributed by atoms with Crippen LogP contribution in [0.15, 0.2) is 0 Å². The molecular weight excluding hydrogens is 142 g/mol. The molecule has 7 heavy (non-hydrogen) atoms. The molecule has 0 aromatic carbocycles. The van der Waals surface area contributed by atoms with Gasteiger partial charge in [-0.1, -0.05) is 0 Å². The molecule has 0 radical (unpaired) electrons. The van der Waals surface area contributed by atoms with Crippen molar-refractivity contribution in [3.8, 4) is 0 Å². The first kappa shape index (κ1) is 23.7. The van der Waals surface area contributed by atoms with Gasteiger partial charge in [-0.3, -0.25) is 0 Å². The maximum absolute atomic E-state index is 8.33. The molecule has 0 rings (SSSR count). The second-order valence-corrected chi connectivity index (χ2v) is 0.250. The molecule has 0 fully saturated rings. The zero-order valence-corrected chi connectivity index (χ0v) is 8.02. The van der Waals surface area contributed by atoms with Crippen LogP contribution in [-0.4, -0.2) is 43.9 Å². The summed E-state index contributed by atoms with van der Waals surface area (Å²) in [4.78, 5) is 8.33. The Bertz CT molecular complexity index is 37.9. The van der Waals surface area contributed by atoms with Crippen LogP contribution in [0.1, 0.15) is 0 Å². The second-order valence-electron chi connectivity index (χ2n) is 0.250. The summed E-state index contributed by atoms with van der Waals surface area (Å²) in [7, 11) is 0. The molecule has 0 heterocycles. The van der Waals surface area contributed by atoms with Gasteiger partial charge in [0.25, 0.3) is 0 Å². The predicted molar refractivity (Wildman–Crippen MR) is 11.1 cm³/mol. The van der Waals surface area contributed by atoms with Gasteiger partial charge in [0, 0.05) is 0 Å². The fourth-order valence-electron chi connectivity index (χ4n) is 0. The molecule has 0 unspecified atom stereocenters. The van der Waals surface area contributed by atoms with Gasteiger partial charge in [-0.2, -0.15) is 0 Å². The molecule has 0 spiro atoms. The third-order valence-corrected chi connectivity index (χ3v) is 0. The summed E-state index contributed by atoms with van der Waals surface area (Å²) in [6.07, 6.45) is -2.33. The third-order valence-electron chi connectivity index (χ3n) is 0. The summed E-state index contributed by atoms with van der Waals surface area (Å²) in [6, 6.07) is 0. The van der Waals surface area contributed by atoms with Crippen molar-refractivity contribution in [3.05, 3.63) is 0 Å². The van der Waals surface area contributed by atoms with E-state index in [1.165, 1.54) is 0 Å². The maximum atomic E-state index is 8.33. The number of hydrogen-bond acceptors (Lipinski definition) is 3. The standard InChI is InChI=1S/CH2O3.Ca.FH.Na/c2-1(3)4;;;/h(H2,2,3,4);;1H;/q;+2;;+1/p-3. The summed E-state index contributed by atoms with van der Waals surface area (Å²) >= 11 is 0. The van der Waals surface area contributed by atoms with Crippen LogP contribution in [0.3, 0.4) is 0 Å². The van der Waals surface area contributed by atoms with Crippen LogP contribution < -0.4 is 44.5 Å². The minimum absolute atomic E-state index is 0. The van der Waals surface area contributed by atoms with Crippen molar-refractivity contribution in [2.75, 3.05) is 0 Å². The molecule has 0 saturated carbocycles. The van der Waals surface area contributed by atoms with E-state index >= 15 is 0 Å². The van der Waals surface area contributed by atoms with E-state index in [2.05, 4.69) is 0 Å². The summed E-state index contributed by atoms with van der Waals surface area (Å²) in [5.74, 6) is 0. The number of rotatable bonds is 0. The fourth-order valence-corrected chi connectivity index (χ4v) is 0. The SMILES string of the molecule is O=C([O-])[O-].[Ca+2].[F-].[Na+]. The number of carbonyl (C=O) groups excluding carboxylic acids is 1. The molecule has 0 aliphatic heterocycles. The molecule has 0 aromatic rings. The van der Waals surface area contributed by atoms with E-state index in [1.54, 1.807) is 0 Å². The summed E-state index contributed by atoms with van der Waals surface area (Å²) < 4.78 is 0. The van der Waals surface area contributed by atoms with E-state index in [0.29, 0.717) is 0 Å². The Hall–Kier alpha value is 1.46. The first-order valence-corrected chi connectivity index (χ1v) is 0.612. The van der Waals surface area contributed by atoms with Gasteiger partial charge in [-0.05, 0) is 6.16 Å². The average Bonchev–Trinajstić information content (AvgIpc) is 0.811. The number of halogens is 1. The summed E-state index contributed by atoms with van der Waals surface area (Å²) in [6.45, 7) is 0. The summed E-state index contributed by atoms with van der Waals surface area (Å²) in [5, 5.41) is 16.7. The third kappa shape index (κ3) is 104. The number of carboxylic acid groups (broad SMARTS) is 2. The minimum Gasteiger partial charge on any atom is -1.00 e. The molecule has 3 nitrogen and oxygen atoms in total. The first-order chi connectivity index (χ1) is 1.73. The summed E-state index contributed by atoms with van der Waals surface area (Å²) in [5.41, 5.74) is 0. The Labute approximate surface area is 91.7 Å². The smallest absolute Gasteiger partial charge is 1.00 e. The Morgan fingerprint density at radius 2 is 1.29 bits per heavy atom. The molecule has 0 aliphatic carbocycles. The number of hydrogen-bond donors (Lipinski definition) is 0. The molecule has 0 bridgehead atoms. The Morgan fingerprint density at radius 3 is 1.29 bits per heavy atom. The Kier molecular flexibility index (Phi) is 52.9. The van der Waals surface area contributed by atoms with Crippen LogP contribution in [-0.2, 0) is 0 Å². The molecule has 32 valence electrons. The molecular formula is CCaFNaO3. The molecule has 0 N–H and O–H groups in total. The van der Waals surface area contributed by atoms with Crippen molar-refractivity contribution in [2.45, 2.75) is 0 Å². The van der Waals surface area contributed by atoms with Gasteiger partial charge in [-0.15, -0.1) is 0 Å². The van der Waals surface area contributed by atoms with Crippen molar-refractivity contribution >= 4 is 43.9 Å². The zero-order valence-electron chi connectivity index (χ0n) is 3.81. The van der Waals surface area contributed by atoms with E-state index in [-0.39, 0.29) is 72.0 Å². The van der Waals surface area contributed by atoms with Crippen LogP contribution in [0.5, 0.6) is 0 Å². The fraction of sp³-hybridized carbons (Fsp3) is 0. The van der Waals surface area contributed by atoms with Crippen LogP contribution in [0, 0.1) is 0 Å². The van der Waals surface area contributed by atoms with Crippen molar-refractivity contribution in [2.24, 2.45) is 0 Å². The van der Waals surface area contributed by atoms with Crippen molar-refractivity contribution < 1.29 is 49.3 Å². The molecule has 0 aromatic heterocycles. The van der Waals surface area contributed by atoms with Gasteiger partial charge >= 0.3 is 67.3 Å². The van der Waals surface area contributed by atoms with Gasteiger partial charge < -0.3 is 19.7 Å². The van der Waals surface area contributed by atoms with Crippen molar-refractivity contribution in [1.82, 2.24) is 0 Å². The maximum Gasteiger partial charge on any atom is 2.00 e. The van der Waals surface area contributed by atoms with Gasteiger partial charge in [0.15, 0.2) is 0 Å². The van der Waals surface area contributed by atoms with E-state index in [0.717, 1.165) is 0 Å². The van der Waals surface area contributed by atoms with Gasteiger partial charge in [-0.25, -0.2) is 0 Å². The van der Waals surface area contributed by atoms with E-state index in [9.17, 15) is 0 Å². The normalized spacial score (nSPS) is 3.43. The quantitative estimate of drug-likeness (QED) is 0.315. The van der Waals surface area contributed by atoms with Crippen LogP contribution >= 0.6 is 0 Å². The molecule has 0 saturated heterocycles. The largest absolute Gasteiger partial charge is 2.00 e. The molecule has 0 atom stereocenters. The van der Waals surface area contributed by atoms with E-state index in [4.69, 9.17) is 15.0 Å². The van der Waals surface area contributed by atoms with Crippen molar-refractivity contribution in [1.29, 1.82) is 0 Å². The number of carbonyl (C=O) groups is 1. The zero-order chi connectivity index (χ0) is 3.58. The first-order valence-electron chi connectivity index (χ1n) is 0.612. The average molecular weight is 142 g/mol. The second kappa shape index (κ2) is 15.7. The predicted octanol–water partition coefficient (Wildman–Crippen LogP) is -8.82. The molecule has 6 heteroatoms. The van der Waals surface area contributed by atoms with Gasteiger partial charge in [0.2, 0.25) is 0 Å². The van der Waals surface area contributed by atoms with E-state index in [1.807, 2.05) is 0 Å².